The smallest absolute Gasteiger partial charge is 0.240 e. The first-order valence-corrected chi connectivity index (χ1v) is 6.62. The third-order valence-corrected chi connectivity index (χ3v) is 2.14. The van der Waals surface area contributed by atoms with E-state index in [1.165, 1.54) is 0 Å². The van der Waals surface area contributed by atoms with Crippen molar-refractivity contribution in [2.45, 2.75) is 33.8 Å². The highest BCUT2D eigenvalue weighted by Gasteiger charge is 2.07. The van der Waals surface area contributed by atoms with Gasteiger partial charge in [-0.1, -0.05) is 13.8 Å². The summed E-state index contributed by atoms with van der Waals surface area (Å²) in [5.74, 6) is 1.44. The van der Waals surface area contributed by atoms with Gasteiger partial charge in [0.2, 0.25) is 11.8 Å². The molecule has 0 aromatic carbocycles. The highest BCUT2D eigenvalue weighted by Crippen LogP contribution is 2.23. The van der Waals surface area contributed by atoms with Gasteiger partial charge in [-0.2, -0.15) is 4.98 Å². The molecule has 19 heavy (non-hydrogen) atoms. The van der Waals surface area contributed by atoms with Crippen molar-refractivity contribution in [2.24, 2.45) is 5.92 Å². The number of ether oxygens (including phenoxy) is 3. The Bertz CT molecular complexity index is 381. The number of aromatic nitrogens is 1. The van der Waals surface area contributed by atoms with Gasteiger partial charge in [-0.3, -0.25) is 0 Å². The molecule has 1 aromatic rings. The summed E-state index contributed by atoms with van der Waals surface area (Å²) >= 11 is 0. The van der Waals surface area contributed by atoms with E-state index in [4.69, 9.17) is 19.9 Å². The molecule has 0 fully saturated rings. The monoisotopic (exact) mass is 268 g/mol. The van der Waals surface area contributed by atoms with Gasteiger partial charge in [0, 0.05) is 12.7 Å². The number of nitrogen functional groups attached to an aromatic ring is 1. The van der Waals surface area contributed by atoms with Gasteiger partial charge in [0.15, 0.2) is 0 Å². The lowest BCUT2D eigenvalue weighted by molar-refractivity contribution is 0.0803. The standard InChI is InChI=1S/C14H24N2O3/c1-10(2)9-17-7-8-18-13-6-5-12(15)14(16-13)19-11(3)4/h5-6,10-11H,7-9,15H2,1-4H3. The first-order chi connectivity index (χ1) is 8.99. The maximum atomic E-state index is 5.78. The minimum atomic E-state index is 0.0272. The minimum Gasteiger partial charge on any atom is -0.475 e. The van der Waals surface area contributed by atoms with Gasteiger partial charge in [-0.15, -0.1) is 0 Å². The van der Waals surface area contributed by atoms with Gasteiger partial charge < -0.3 is 19.9 Å². The zero-order chi connectivity index (χ0) is 14.3. The van der Waals surface area contributed by atoms with Gasteiger partial charge >= 0.3 is 0 Å². The molecular weight excluding hydrogens is 244 g/mol. The van der Waals surface area contributed by atoms with Crippen molar-refractivity contribution in [1.82, 2.24) is 4.98 Å². The zero-order valence-corrected chi connectivity index (χ0v) is 12.2. The summed E-state index contributed by atoms with van der Waals surface area (Å²) in [5, 5.41) is 0. The lowest BCUT2D eigenvalue weighted by Gasteiger charge is -2.13. The van der Waals surface area contributed by atoms with Gasteiger partial charge in [0.25, 0.3) is 0 Å². The quantitative estimate of drug-likeness (QED) is 0.734. The maximum Gasteiger partial charge on any atom is 0.240 e. The molecule has 108 valence electrons. The Morgan fingerprint density at radius 3 is 2.53 bits per heavy atom. The number of pyridine rings is 1. The Kier molecular flexibility index (Phi) is 6.42. The Balaban J connectivity index is 2.41. The first-order valence-electron chi connectivity index (χ1n) is 6.62. The van der Waals surface area contributed by atoms with Crippen LogP contribution in [0.25, 0.3) is 0 Å². The lowest BCUT2D eigenvalue weighted by atomic mass is 10.2. The van der Waals surface area contributed by atoms with Crippen LogP contribution in [0.15, 0.2) is 12.1 Å². The summed E-state index contributed by atoms with van der Waals surface area (Å²) in [6, 6.07) is 3.46. The molecule has 0 spiro atoms. The molecule has 0 radical (unpaired) electrons. The summed E-state index contributed by atoms with van der Waals surface area (Å²) in [7, 11) is 0. The Labute approximate surface area is 115 Å². The van der Waals surface area contributed by atoms with Gasteiger partial charge in [-0.25, -0.2) is 0 Å². The molecule has 0 aliphatic heterocycles. The number of hydrogen-bond acceptors (Lipinski definition) is 5. The fraction of sp³-hybridized carbons (Fsp3) is 0.643. The summed E-state index contributed by atoms with van der Waals surface area (Å²) in [4.78, 5) is 4.22. The average Bonchev–Trinajstić information content (AvgIpc) is 2.31. The van der Waals surface area contributed by atoms with Crippen LogP contribution in [0.2, 0.25) is 0 Å². The number of nitrogens with two attached hydrogens (primary N) is 1. The van der Waals surface area contributed by atoms with Gasteiger partial charge in [0.05, 0.1) is 18.4 Å². The highest BCUT2D eigenvalue weighted by atomic mass is 16.5. The number of rotatable bonds is 8. The Morgan fingerprint density at radius 2 is 1.89 bits per heavy atom. The van der Waals surface area contributed by atoms with E-state index in [0.29, 0.717) is 36.6 Å². The Morgan fingerprint density at radius 1 is 1.16 bits per heavy atom. The van der Waals surface area contributed by atoms with Gasteiger partial charge in [-0.05, 0) is 25.8 Å². The molecule has 0 bridgehead atoms. The van der Waals surface area contributed by atoms with Crippen LogP contribution in [0, 0.1) is 5.92 Å². The van der Waals surface area contributed by atoms with E-state index in [0.717, 1.165) is 6.61 Å². The van der Waals surface area contributed by atoms with E-state index in [1.807, 2.05) is 13.8 Å². The topological polar surface area (TPSA) is 66.6 Å². The molecule has 5 nitrogen and oxygen atoms in total. The van der Waals surface area contributed by atoms with E-state index in [-0.39, 0.29) is 6.10 Å². The van der Waals surface area contributed by atoms with Crippen LogP contribution in [-0.2, 0) is 4.74 Å². The molecule has 0 aliphatic carbocycles. The predicted molar refractivity (Wildman–Crippen MR) is 75.6 cm³/mol. The van der Waals surface area contributed by atoms with Crippen molar-refractivity contribution in [2.75, 3.05) is 25.6 Å². The molecule has 0 aliphatic rings. The number of hydrogen-bond donors (Lipinski definition) is 1. The zero-order valence-electron chi connectivity index (χ0n) is 12.2. The molecule has 1 heterocycles. The fourth-order valence-electron chi connectivity index (χ4n) is 1.36. The van der Waals surface area contributed by atoms with Gasteiger partial charge in [0.1, 0.15) is 6.61 Å². The third kappa shape index (κ3) is 6.29. The van der Waals surface area contributed by atoms with E-state index in [9.17, 15) is 0 Å². The second-order valence-corrected chi connectivity index (χ2v) is 5.03. The van der Waals surface area contributed by atoms with Crippen molar-refractivity contribution >= 4 is 5.69 Å². The number of anilines is 1. The SMILES string of the molecule is CC(C)COCCOc1ccc(N)c(OC(C)C)n1. The molecule has 2 N–H and O–H groups in total. The maximum absolute atomic E-state index is 5.78. The second kappa shape index (κ2) is 7.84. The molecule has 1 aromatic heterocycles. The van der Waals surface area contributed by atoms with Crippen molar-refractivity contribution in [3.05, 3.63) is 12.1 Å². The fourth-order valence-corrected chi connectivity index (χ4v) is 1.36. The van der Waals surface area contributed by atoms with Crippen molar-refractivity contribution in [3.8, 4) is 11.8 Å². The van der Waals surface area contributed by atoms with Crippen LogP contribution in [0.4, 0.5) is 5.69 Å². The molecule has 0 unspecified atom stereocenters. The van der Waals surface area contributed by atoms with Crippen LogP contribution < -0.4 is 15.2 Å². The predicted octanol–water partition coefficient (Wildman–Crippen LogP) is 2.50. The van der Waals surface area contributed by atoms with Crippen molar-refractivity contribution < 1.29 is 14.2 Å². The third-order valence-electron chi connectivity index (χ3n) is 2.14. The molecule has 0 saturated heterocycles. The summed E-state index contributed by atoms with van der Waals surface area (Å²) in [6.07, 6.45) is 0.0272. The van der Waals surface area contributed by atoms with E-state index in [2.05, 4.69) is 18.8 Å². The molecule has 0 atom stereocenters. The van der Waals surface area contributed by atoms with E-state index >= 15 is 0 Å². The van der Waals surface area contributed by atoms with Crippen LogP contribution in [0.1, 0.15) is 27.7 Å². The second-order valence-electron chi connectivity index (χ2n) is 5.03. The average molecular weight is 268 g/mol. The van der Waals surface area contributed by atoms with Crippen molar-refractivity contribution in [3.63, 3.8) is 0 Å². The van der Waals surface area contributed by atoms with Crippen LogP contribution in [0.3, 0.4) is 0 Å². The summed E-state index contributed by atoms with van der Waals surface area (Å²) in [6.45, 7) is 9.81. The van der Waals surface area contributed by atoms with E-state index < -0.39 is 0 Å². The summed E-state index contributed by atoms with van der Waals surface area (Å²) in [5.41, 5.74) is 6.29. The molecule has 5 heteroatoms. The van der Waals surface area contributed by atoms with Crippen LogP contribution >= 0.6 is 0 Å². The van der Waals surface area contributed by atoms with Crippen LogP contribution in [-0.4, -0.2) is 30.9 Å². The minimum absolute atomic E-state index is 0.0272. The number of nitrogens with zero attached hydrogens (tertiary/aromatic N) is 1. The van der Waals surface area contributed by atoms with Crippen LogP contribution in [0.5, 0.6) is 11.8 Å². The molecular formula is C14H24N2O3. The normalized spacial score (nSPS) is 11.1. The largest absolute Gasteiger partial charge is 0.475 e. The highest BCUT2D eigenvalue weighted by molar-refractivity contribution is 5.49. The molecule has 1 rings (SSSR count). The molecule has 0 saturated carbocycles. The first kappa shape index (κ1) is 15.6. The Hall–Kier alpha value is -1.49. The molecule has 0 amide bonds. The van der Waals surface area contributed by atoms with Crippen molar-refractivity contribution in [1.29, 1.82) is 0 Å². The lowest BCUT2D eigenvalue weighted by Crippen LogP contribution is -2.12. The summed E-state index contributed by atoms with van der Waals surface area (Å²) < 4.78 is 16.4. The van der Waals surface area contributed by atoms with E-state index in [1.54, 1.807) is 12.1 Å².